The van der Waals surface area contributed by atoms with Crippen LogP contribution in [0.15, 0.2) is 60.7 Å². The first-order valence-corrected chi connectivity index (χ1v) is 11.6. The zero-order valence-corrected chi connectivity index (χ0v) is 20.1. The zero-order chi connectivity index (χ0) is 28.5. The molecule has 0 saturated heterocycles. The number of fused-ring (bicyclic) bond motifs is 1. The minimum atomic E-state index is -5.87. The van der Waals surface area contributed by atoms with Gasteiger partial charge in [0.05, 0.1) is 0 Å². The van der Waals surface area contributed by atoms with Gasteiger partial charge < -0.3 is 4.74 Å². The molecule has 0 amide bonds. The topological polar surface area (TPSA) is 18.5 Å². The molecule has 4 aromatic carbocycles. The number of rotatable bonds is 8. The molecule has 0 aliphatic heterocycles. The average molecular weight is 558 g/mol. The molecule has 0 atom stereocenters. The highest BCUT2D eigenvalue weighted by Crippen LogP contribution is 2.40. The standard InChI is InChI=1S/C28H19F9O2/c1-2-3-15-4-8-20-16(10-15)7-9-21(26(20)32)17-5-6-18(22(29)11-17)14-38-19-12-23(30)25(24(31)13-19)27(33,34)39-28(35,36)37/h4-13H,2-3,14H2,1H3. The van der Waals surface area contributed by atoms with E-state index in [1.165, 1.54) is 18.2 Å². The lowest BCUT2D eigenvalue weighted by Crippen LogP contribution is -2.29. The van der Waals surface area contributed by atoms with Gasteiger partial charge >= 0.3 is 12.5 Å². The summed E-state index contributed by atoms with van der Waals surface area (Å²) >= 11 is 0. The average Bonchev–Trinajstić information content (AvgIpc) is 2.81. The van der Waals surface area contributed by atoms with E-state index in [9.17, 15) is 35.1 Å². The minimum absolute atomic E-state index is 0.125. The van der Waals surface area contributed by atoms with E-state index in [2.05, 4.69) is 4.74 Å². The molecule has 206 valence electrons. The molecule has 0 fully saturated rings. The second kappa shape index (κ2) is 10.8. The molecule has 0 N–H and O–H groups in total. The molecule has 2 nitrogen and oxygen atoms in total. The molecule has 4 rings (SSSR count). The summed E-state index contributed by atoms with van der Waals surface area (Å²) in [5.41, 5.74) is -0.979. The Morgan fingerprint density at radius 3 is 2.05 bits per heavy atom. The number of aryl methyl sites for hydroxylation is 1. The predicted molar refractivity (Wildman–Crippen MR) is 125 cm³/mol. The summed E-state index contributed by atoms with van der Waals surface area (Å²) in [6.45, 7) is 1.41. The Bertz CT molecular complexity index is 1490. The first-order valence-electron chi connectivity index (χ1n) is 11.6. The summed E-state index contributed by atoms with van der Waals surface area (Å²) in [5, 5.41) is 1.06. The number of halogens is 9. The van der Waals surface area contributed by atoms with Gasteiger partial charge in [0, 0.05) is 28.6 Å². The van der Waals surface area contributed by atoms with Gasteiger partial charge in [0.2, 0.25) is 0 Å². The van der Waals surface area contributed by atoms with Crippen molar-refractivity contribution in [1.82, 2.24) is 0 Å². The quantitative estimate of drug-likeness (QED) is 0.201. The Labute approximate surface area is 216 Å². The largest absolute Gasteiger partial charge is 0.527 e. The minimum Gasteiger partial charge on any atom is -0.489 e. The SMILES string of the molecule is CCCc1ccc2c(F)c(-c3ccc(COc4cc(F)c(C(F)(F)OC(F)(F)F)c(F)c4)c(F)c3)ccc2c1. The Morgan fingerprint density at radius 1 is 0.744 bits per heavy atom. The Hall–Kier alpha value is -3.73. The molecule has 39 heavy (non-hydrogen) atoms. The highest BCUT2D eigenvalue weighted by Gasteiger charge is 2.49. The van der Waals surface area contributed by atoms with Crippen LogP contribution < -0.4 is 4.74 Å². The summed E-state index contributed by atoms with van der Waals surface area (Å²) < 4.78 is 129. The van der Waals surface area contributed by atoms with Crippen molar-refractivity contribution in [2.24, 2.45) is 0 Å². The molecule has 0 bridgehead atoms. The van der Waals surface area contributed by atoms with Crippen molar-refractivity contribution in [2.45, 2.75) is 38.8 Å². The third-order valence-corrected chi connectivity index (χ3v) is 5.87. The van der Waals surface area contributed by atoms with E-state index in [4.69, 9.17) is 4.74 Å². The molecular formula is C28H19F9O2. The van der Waals surface area contributed by atoms with E-state index >= 15 is 4.39 Å². The summed E-state index contributed by atoms with van der Waals surface area (Å²) in [7, 11) is 0. The third-order valence-electron chi connectivity index (χ3n) is 5.87. The Kier molecular flexibility index (Phi) is 7.83. The van der Waals surface area contributed by atoms with Gasteiger partial charge in [0.25, 0.3) is 0 Å². The number of hydrogen-bond acceptors (Lipinski definition) is 2. The van der Waals surface area contributed by atoms with Gasteiger partial charge in [-0.15, -0.1) is 13.2 Å². The summed E-state index contributed by atoms with van der Waals surface area (Å²) in [6.07, 6.45) is -9.43. The fraction of sp³-hybridized carbons (Fsp3) is 0.214. The predicted octanol–water partition coefficient (Wildman–Crippen LogP) is 9.18. The second-order valence-corrected chi connectivity index (χ2v) is 8.65. The monoisotopic (exact) mass is 558 g/mol. The summed E-state index contributed by atoms with van der Waals surface area (Å²) in [6, 6.07) is 12.7. The van der Waals surface area contributed by atoms with Crippen LogP contribution >= 0.6 is 0 Å². The van der Waals surface area contributed by atoms with Crippen LogP contribution in [0.3, 0.4) is 0 Å². The molecule has 0 saturated carbocycles. The number of hydrogen-bond donors (Lipinski definition) is 0. The van der Waals surface area contributed by atoms with Crippen LogP contribution in [-0.2, 0) is 23.9 Å². The van der Waals surface area contributed by atoms with E-state index in [0.717, 1.165) is 24.5 Å². The van der Waals surface area contributed by atoms with Gasteiger partial charge in [-0.2, -0.15) is 8.78 Å². The highest BCUT2D eigenvalue weighted by atomic mass is 19.4. The van der Waals surface area contributed by atoms with Gasteiger partial charge in [-0.1, -0.05) is 55.8 Å². The van der Waals surface area contributed by atoms with Crippen molar-refractivity contribution in [1.29, 1.82) is 0 Å². The first kappa shape index (κ1) is 28.3. The lowest BCUT2D eigenvalue weighted by atomic mass is 9.97. The van der Waals surface area contributed by atoms with Crippen LogP contribution in [0.1, 0.15) is 30.0 Å². The maximum absolute atomic E-state index is 15.2. The van der Waals surface area contributed by atoms with Crippen LogP contribution in [0.4, 0.5) is 39.5 Å². The normalized spacial score (nSPS) is 12.3. The van der Waals surface area contributed by atoms with Crippen LogP contribution in [0.2, 0.25) is 0 Å². The van der Waals surface area contributed by atoms with Crippen LogP contribution in [0, 0.1) is 23.3 Å². The smallest absolute Gasteiger partial charge is 0.489 e. The van der Waals surface area contributed by atoms with E-state index in [1.807, 2.05) is 19.1 Å². The number of ether oxygens (including phenoxy) is 2. The molecule has 0 heterocycles. The Balaban J connectivity index is 1.53. The first-order chi connectivity index (χ1) is 18.3. The molecule has 0 aliphatic carbocycles. The maximum Gasteiger partial charge on any atom is 0.527 e. The molecule has 4 aromatic rings. The van der Waals surface area contributed by atoms with Crippen LogP contribution in [0.5, 0.6) is 5.75 Å². The third kappa shape index (κ3) is 6.30. The molecule has 0 radical (unpaired) electrons. The van der Waals surface area contributed by atoms with Crippen molar-refractivity contribution in [3.63, 3.8) is 0 Å². The number of alkyl halides is 5. The zero-order valence-electron chi connectivity index (χ0n) is 20.1. The van der Waals surface area contributed by atoms with Gasteiger partial charge in [-0.3, -0.25) is 0 Å². The number of benzene rings is 4. The van der Waals surface area contributed by atoms with Crippen molar-refractivity contribution in [3.05, 3.63) is 101 Å². The van der Waals surface area contributed by atoms with Crippen molar-refractivity contribution < 1.29 is 49.0 Å². The van der Waals surface area contributed by atoms with Gasteiger partial charge in [0.1, 0.15) is 41.2 Å². The molecule has 11 heteroatoms. The molecule has 0 unspecified atom stereocenters. The molecule has 0 aromatic heterocycles. The summed E-state index contributed by atoms with van der Waals surface area (Å²) in [4.78, 5) is 0. The van der Waals surface area contributed by atoms with Gasteiger partial charge in [-0.25, -0.2) is 22.3 Å². The lowest BCUT2D eigenvalue weighted by molar-refractivity contribution is -0.432. The molecule has 0 spiro atoms. The van der Waals surface area contributed by atoms with Gasteiger partial charge in [0.15, 0.2) is 0 Å². The van der Waals surface area contributed by atoms with Crippen LogP contribution in [0.25, 0.3) is 21.9 Å². The van der Waals surface area contributed by atoms with E-state index in [1.54, 1.807) is 12.1 Å². The fourth-order valence-corrected chi connectivity index (χ4v) is 4.11. The molecular weight excluding hydrogens is 539 g/mol. The van der Waals surface area contributed by atoms with Crippen LogP contribution in [-0.4, -0.2) is 6.36 Å². The second-order valence-electron chi connectivity index (χ2n) is 8.65. The van der Waals surface area contributed by atoms with Crippen molar-refractivity contribution >= 4 is 10.8 Å². The van der Waals surface area contributed by atoms with Crippen molar-refractivity contribution in [2.75, 3.05) is 0 Å². The highest BCUT2D eigenvalue weighted by molar-refractivity contribution is 5.88. The van der Waals surface area contributed by atoms with E-state index < -0.39 is 53.7 Å². The maximum atomic E-state index is 15.2. The molecule has 0 aliphatic rings. The van der Waals surface area contributed by atoms with Crippen molar-refractivity contribution in [3.8, 4) is 16.9 Å². The van der Waals surface area contributed by atoms with Gasteiger partial charge in [-0.05, 0) is 29.0 Å². The van der Waals surface area contributed by atoms with E-state index in [0.29, 0.717) is 10.8 Å². The fourth-order valence-electron chi connectivity index (χ4n) is 4.11. The van der Waals surface area contributed by atoms with E-state index in [-0.39, 0.29) is 28.8 Å². The Morgan fingerprint density at radius 2 is 1.44 bits per heavy atom. The lowest BCUT2D eigenvalue weighted by Gasteiger charge is -2.20. The summed E-state index contributed by atoms with van der Waals surface area (Å²) in [5.74, 6) is -6.22.